The smallest absolute Gasteiger partial charge is 0.251 e. The van der Waals surface area contributed by atoms with Crippen LogP contribution >= 0.6 is 0 Å². The Morgan fingerprint density at radius 1 is 0.970 bits per heavy atom. The number of fused-ring (bicyclic) bond motifs is 5. The van der Waals surface area contributed by atoms with Crippen molar-refractivity contribution in [2.45, 2.75) is 38.0 Å². The molecule has 2 aromatic carbocycles. The quantitative estimate of drug-likeness (QED) is 0.616. The first-order chi connectivity index (χ1) is 15.9. The highest BCUT2D eigenvalue weighted by atomic mass is 16.2. The number of hydrazine groups is 1. The molecule has 1 aromatic heterocycles. The molecule has 162 valence electrons. The van der Waals surface area contributed by atoms with Crippen LogP contribution in [0.25, 0.3) is 0 Å². The number of hydrogen-bond donors (Lipinski definition) is 1. The lowest BCUT2D eigenvalue weighted by molar-refractivity contribution is -0.130. The van der Waals surface area contributed by atoms with E-state index in [4.69, 9.17) is 0 Å². The van der Waals surface area contributed by atoms with Gasteiger partial charge in [0, 0.05) is 5.92 Å². The molecule has 7 nitrogen and oxygen atoms in total. The number of nitrogens with one attached hydrogen (secondary N) is 1. The van der Waals surface area contributed by atoms with E-state index in [2.05, 4.69) is 29.2 Å². The largest absolute Gasteiger partial charge is 0.272 e. The van der Waals surface area contributed by atoms with E-state index < -0.39 is 10.8 Å². The fraction of sp³-hybridized carbons (Fsp3) is 0.269. The molecule has 1 heterocycles. The van der Waals surface area contributed by atoms with Crippen molar-refractivity contribution in [2.24, 2.45) is 5.41 Å². The summed E-state index contributed by atoms with van der Waals surface area (Å²) in [6, 6.07) is 23.2. The number of rotatable bonds is 4. The molecule has 1 fully saturated rings. The molecule has 1 saturated carbocycles. The molecule has 5 rings (SSSR count). The van der Waals surface area contributed by atoms with E-state index in [0.29, 0.717) is 17.8 Å². The summed E-state index contributed by atoms with van der Waals surface area (Å²) >= 11 is 0. The minimum absolute atomic E-state index is 0.00695. The topological polar surface area (TPSA) is 106 Å². The lowest BCUT2D eigenvalue weighted by Gasteiger charge is -2.38. The van der Waals surface area contributed by atoms with Gasteiger partial charge in [0.1, 0.15) is 17.6 Å². The number of amides is 1. The van der Waals surface area contributed by atoms with Gasteiger partial charge in [0.05, 0.1) is 22.8 Å². The molecule has 0 saturated heterocycles. The van der Waals surface area contributed by atoms with Gasteiger partial charge in [-0.25, -0.2) is 9.97 Å². The Morgan fingerprint density at radius 3 is 2.06 bits per heavy atom. The van der Waals surface area contributed by atoms with E-state index in [1.54, 1.807) is 5.01 Å². The fourth-order valence-corrected chi connectivity index (χ4v) is 5.55. The Labute approximate surface area is 192 Å². The van der Waals surface area contributed by atoms with Crippen molar-refractivity contribution < 1.29 is 4.79 Å². The SMILES string of the molecule is CC1(C)C2CCC1(C(=O)NN(c1ccccc1)c1ccccc1)c1nc(C#N)c(C#N)nc12. The maximum atomic E-state index is 14.1. The zero-order chi connectivity index (χ0) is 23.2. The van der Waals surface area contributed by atoms with Crippen LogP contribution in [0.3, 0.4) is 0 Å². The molecule has 3 aromatic rings. The Hall–Kier alpha value is -4.23. The highest BCUT2D eigenvalue weighted by Gasteiger charge is 2.68. The third-order valence-electron chi connectivity index (χ3n) is 7.28. The molecule has 1 N–H and O–H groups in total. The average molecular weight is 435 g/mol. The average Bonchev–Trinajstić information content (AvgIpc) is 3.23. The van der Waals surface area contributed by atoms with Gasteiger partial charge >= 0.3 is 0 Å². The van der Waals surface area contributed by atoms with Gasteiger partial charge in [-0.3, -0.25) is 15.2 Å². The van der Waals surface area contributed by atoms with Crippen LogP contribution < -0.4 is 10.4 Å². The maximum absolute atomic E-state index is 14.1. The molecule has 2 atom stereocenters. The highest BCUT2D eigenvalue weighted by molar-refractivity contribution is 5.93. The van der Waals surface area contributed by atoms with Crippen LogP contribution in [0.15, 0.2) is 60.7 Å². The van der Waals surface area contributed by atoms with E-state index in [9.17, 15) is 15.3 Å². The van der Waals surface area contributed by atoms with Gasteiger partial charge < -0.3 is 0 Å². The Kier molecular flexibility index (Phi) is 4.65. The number of benzene rings is 2. The summed E-state index contributed by atoms with van der Waals surface area (Å²) < 4.78 is 0. The third kappa shape index (κ3) is 2.83. The van der Waals surface area contributed by atoms with Crippen LogP contribution in [0.1, 0.15) is 55.4 Å². The molecule has 2 aliphatic rings. The molecule has 0 spiro atoms. The number of carbonyl (C=O) groups is 1. The van der Waals surface area contributed by atoms with Crippen LogP contribution in [0, 0.1) is 28.1 Å². The third-order valence-corrected chi connectivity index (χ3v) is 7.28. The van der Waals surface area contributed by atoms with Gasteiger partial charge in [-0.05, 0) is 42.5 Å². The zero-order valence-corrected chi connectivity index (χ0v) is 18.4. The number of hydrogen-bond acceptors (Lipinski definition) is 6. The van der Waals surface area contributed by atoms with Crippen LogP contribution in [0.5, 0.6) is 0 Å². The standard InChI is InChI=1S/C26H22N6O/c1-25(2)19-13-14-26(25,23-22(19)29-20(15-27)21(16-28)30-23)24(33)31-32(17-9-5-3-6-10-17)18-11-7-4-8-12-18/h3-12,19H,13-14H2,1-2H3,(H,31,33). The summed E-state index contributed by atoms with van der Waals surface area (Å²) in [7, 11) is 0. The van der Waals surface area contributed by atoms with E-state index in [-0.39, 0.29) is 23.2 Å². The number of nitrogens with zero attached hydrogens (tertiary/aromatic N) is 5. The lowest BCUT2D eigenvalue weighted by Crippen LogP contribution is -2.54. The first-order valence-corrected chi connectivity index (χ1v) is 10.9. The summed E-state index contributed by atoms with van der Waals surface area (Å²) in [6.45, 7) is 4.11. The van der Waals surface area contributed by atoms with Crippen LogP contribution in [-0.2, 0) is 10.2 Å². The van der Waals surface area contributed by atoms with Gasteiger partial charge in [0.2, 0.25) is 0 Å². The Bertz CT molecular complexity index is 1280. The van der Waals surface area contributed by atoms with E-state index in [0.717, 1.165) is 17.8 Å². The minimum Gasteiger partial charge on any atom is -0.272 e. The van der Waals surface area contributed by atoms with Crippen LogP contribution in [0.2, 0.25) is 0 Å². The molecule has 7 heteroatoms. The molecule has 2 aliphatic carbocycles. The Morgan fingerprint density at radius 2 is 1.52 bits per heavy atom. The number of nitriles is 2. The van der Waals surface area contributed by atoms with Crippen molar-refractivity contribution in [3.05, 3.63) is 83.4 Å². The second kappa shape index (κ2) is 7.43. The van der Waals surface area contributed by atoms with Gasteiger partial charge in [0.15, 0.2) is 11.4 Å². The molecule has 33 heavy (non-hydrogen) atoms. The number of aromatic nitrogens is 2. The molecule has 2 unspecified atom stereocenters. The maximum Gasteiger partial charge on any atom is 0.251 e. The van der Waals surface area contributed by atoms with E-state index in [1.165, 1.54) is 0 Å². The molecule has 0 radical (unpaired) electrons. The summed E-state index contributed by atoms with van der Waals surface area (Å²) in [5.41, 5.74) is 4.55. The molecular formula is C26H22N6O. The van der Waals surface area contributed by atoms with E-state index >= 15 is 0 Å². The summed E-state index contributed by atoms with van der Waals surface area (Å²) in [5, 5.41) is 20.7. The summed E-state index contributed by atoms with van der Waals surface area (Å²) in [4.78, 5) is 23.2. The normalized spacial score (nSPS) is 21.5. The van der Waals surface area contributed by atoms with Crippen molar-refractivity contribution in [3.8, 4) is 12.1 Å². The van der Waals surface area contributed by atoms with Gasteiger partial charge in [-0.15, -0.1) is 0 Å². The number of anilines is 2. The van der Waals surface area contributed by atoms with E-state index in [1.807, 2.05) is 72.8 Å². The monoisotopic (exact) mass is 434 g/mol. The number of para-hydroxylation sites is 2. The predicted octanol–water partition coefficient (Wildman–Crippen LogP) is 4.24. The van der Waals surface area contributed by atoms with Crippen molar-refractivity contribution in [1.29, 1.82) is 10.5 Å². The summed E-state index contributed by atoms with van der Waals surface area (Å²) in [6.07, 6.45) is 1.38. The predicted molar refractivity (Wildman–Crippen MR) is 122 cm³/mol. The van der Waals surface area contributed by atoms with Gasteiger partial charge in [-0.1, -0.05) is 50.2 Å². The molecule has 0 aliphatic heterocycles. The van der Waals surface area contributed by atoms with Crippen molar-refractivity contribution in [3.63, 3.8) is 0 Å². The first kappa shape index (κ1) is 20.7. The highest BCUT2D eigenvalue weighted by Crippen LogP contribution is 2.67. The minimum atomic E-state index is -0.957. The second-order valence-corrected chi connectivity index (χ2v) is 9.04. The lowest BCUT2D eigenvalue weighted by atomic mass is 9.68. The number of carbonyl (C=O) groups excluding carboxylic acids is 1. The van der Waals surface area contributed by atoms with Crippen LogP contribution in [0.4, 0.5) is 11.4 Å². The van der Waals surface area contributed by atoms with Gasteiger partial charge in [-0.2, -0.15) is 10.5 Å². The zero-order valence-electron chi connectivity index (χ0n) is 18.4. The summed E-state index contributed by atoms with van der Waals surface area (Å²) in [5.74, 6) is -0.197. The van der Waals surface area contributed by atoms with Gasteiger partial charge in [0.25, 0.3) is 5.91 Å². The van der Waals surface area contributed by atoms with Crippen molar-refractivity contribution >= 4 is 17.3 Å². The first-order valence-electron chi connectivity index (χ1n) is 10.9. The second-order valence-electron chi connectivity index (χ2n) is 9.04. The fourth-order valence-electron chi connectivity index (χ4n) is 5.55. The Balaban J connectivity index is 1.62. The van der Waals surface area contributed by atoms with Crippen LogP contribution in [-0.4, -0.2) is 15.9 Å². The van der Waals surface area contributed by atoms with Crippen molar-refractivity contribution in [1.82, 2.24) is 15.4 Å². The molecule has 1 amide bonds. The molecule has 2 bridgehead atoms. The molecular weight excluding hydrogens is 412 g/mol. The van der Waals surface area contributed by atoms with Crippen molar-refractivity contribution in [2.75, 3.05) is 5.01 Å².